The molecule has 0 spiro atoms. The third-order valence-electron chi connectivity index (χ3n) is 4.98. The van der Waals surface area contributed by atoms with Crippen LogP contribution in [0.4, 0.5) is 13.2 Å². The van der Waals surface area contributed by atoms with Crippen LogP contribution >= 0.6 is 11.3 Å². The van der Waals surface area contributed by atoms with E-state index in [4.69, 9.17) is 0 Å². The van der Waals surface area contributed by atoms with Gasteiger partial charge in [-0.3, -0.25) is 9.69 Å². The number of halogens is 3. The van der Waals surface area contributed by atoms with Gasteiger partial charge in [-0.25, -0.2) is 13.1 Å². The molecule has 1 aliphatic rings. The topological polar surface area (TPSA) is 78.9 Å². The first-order valence-corrected chi connectivity index (χ1v) is 12.4. The Morgan fingerprint density at radius 1 is 1.09 bits per heavy atom. The van der Waals surface area contributed by atoms with E-state index in [1.807, 2.05) is 6.07 Å². The highest BCUT2D eigenvalue weighted by molar-refractivity contribution is 7.89. The summed E-state index contributed by atoms with van der Waals surface area (Å²) in [4.78, 5) is 17.5. The summed E-state index contributed by atoms with van der Waals surface area (Å²) in [7, 11) is -3.95. The monoisotopic (exact) mass is 491 g/mol. The molecule has 0 radical (unpaired) electrons. The number of amides is 1. The van der Waals surface area contributed by atoms with Crippen LogP contribution in [0.1, 0.15) is 11.3 Å². The smallest absolute Gasteiger partial charge is 0.406 e. The summed E-state index contributed by atoms with van der Waals surface area (Å²) in [6, 6.07) is 8.01. The Labute approximate surface area is 188 Å². The first-order valence-electron chi connectivity index (χ1n) is 10.0. The Kier molecular flexibility index (Phi) is 8.15. The number of hydrogen-bond acceptors (Lipinski definition) is 6. The number of thiophene rings is 1. The molecule has 1 aromatic carbocycles. The molecule has 3 rings (SSSR count). The summed E-state index contributed by atoms with van der Waals surface area (Å²) in [6.07, 6.45) is -3.87. The van der Waals surface area contributed by atoms with Crippen LogP contribution in [0, 0.1) is 0 Å². The zero-order valence-electron chi connectivity index (χ0n) is 17.2. The molecule has 1 aliphatic heterocycles. The van der Waals surface area contributed by atoms with Crippen LogP contribution in [0.5, 0.6) is 5.75 Å². The molecule has 2 heterocycles. The van der Waals surface area contributed by atoms with Crippen LogP contribution in [-0.4, -0.2) is 69.8 Å². The molecule has 7 nitrogen and oxygen atoms in total. The molecule has 0 saturated carbocycles. The van der Waals surface area contributed by atoms with Crippen molar-refractivity contribution in [3.8, 4) is 5.75 Å². The summed E-state index contributed by atoms with van der Waals surface area (Å²) < 4.78 is 67.2. The second kappa shape index (κ2) is 10.6. The number of alkyl halides is 3. The first-order chi connectivity index (χ1) is 15.1. The highest BCUT2D eigenvalue weighted by Crippen LogP contribution is 2.23. The average Bonchev–Trinajstić information content (AvgIpc) is 3.25. The van der Waals surface area contributed by atoms with Crippen molar-refractivity contribution in [3.63, 3.8) is 0 Å². The van der Waals surface area contributed by atoms with E-state index >= 15 is 0 Å². The van der Waals surface area contributed by atoms with E-state index in [1.54, 1.807) is 16.2 Å². The van der Waals surface area contributed by atoms with Gasteiger partial charge < -0.3 is 9.64 Å². The van der Waals surface area contributed by atoms with Crippen molar-refractivity contribution < 1.29 is 31.1 Å². The normalized spacial score (nSPS) is 15.7. The predicted molar refractivity (Wildman–Crippen MR) is 114 cm³/mol. The summed E-state index contributed by atoms with van der Waals surface area (Å²) in [6.45, 7) is 3.58. The van der Waals surface area contributed by atoms with Gasteiger partial charge in [0.2, 0.25) is 15.9 Å². The standard InChI is InChI=1S/C20H24F3N3O4S2/c21-20(22,23)30-16-3-5-18(6-4-16)32(28,29)24-9-7-19(27)26-13-11-25(12-14-26)10-8-17-2-1-15-31-17/h1-6,15,24H,7-14H2. The maximum atomic E-state index is 12.4. The van der Waals surface area contributed by atoms with Gasteiger partial charge in [0.25, 0.3) is 0 Å². The molecule has 0 atom stereocenters. The first kappa shape index (κ1) is 24.5. The van der Waals surface area contributed by atoms with Gasteiger partial charge in [0, 0.05) is 50.6 Å². The Balaban J connectivity index is 1.39. The van der Waals surface area contributed by atoms with Crippen molar-refractivity contribution in [1.82, 2.24) is 14.5 Å². The summed E-state index contributed by atoms with van der Waals surface area (Å²) >= 11 is 1.73. The van der Waals surface area contributed by atoms with Gasteiger partial charge in [-0.05, 0) is 42.1 Å². The number of sulfonamides is 1. The Morgan fingerprint density at radius 3 is 2.38 bits per heavy atom. The molecule has 32 heavy (non-hydrogen) atoms. The maximum Gasteiger partial charge on any atom is 0.573 e. The highest BCUT2D eigenvalue weighted by Gasteiger charge is 2.31. The number of carbonyl (C=O) groups is 1. The second-order valence-corrected chi connectivity index (χ2v) is 10.0. The lowest BCUT2D eigenvalue weighted by Gasteiger charge is -2.34. The molecule has 1 fully saturated rings. The van der Waals surface area contributed by atoms with Crippen molar-refractivity contribution in [2.75, 3.05) is 39.3 Å². The summed E-state index contributed by atoms with van der Waals surface area (Å²) in [5, 5.41) is 2.05. The lowest BCUT2D eigenvalue weighted by molar-refractivity contribution is -0.274. The van der Waals surface area contributed by atoms with Gasteiger partial charge in [-0.15, -0.1) is 24.5 Å². The van der Waals surface area contributed by atoms with E-state index in [-0.39, 0.29) is 23.8 Å². The fraction of sp³-hybridized carbons (Fsp3) is 0.450. The Hall–Kier alpha value is -2.15. The Morgan fingerprint density at radius 2 is 1.78 bits per heavy atom. The third-order valence-corrected chi connectivity index (χ3v) is 7.39. The molecular weight excluding hydrogens is 467 g/mol. The van der Waals surface area contributed by atoms with Crippen molar-refractivity contribution >= 4 is 27.3 Å². The molecule has 2 aromatic rings. The Bertz CT molecular complexity index is 973. The fourth-order valence-corrected chi connectivity index (χ4v) is 5.03. The van der Waals surface area contributed by atoms with Crippen LogP contribution in [0.15, 0.2) is 46.7 Å². The van der Waals surface area contributed by atoms with Gasteiger partial charge in [-0.1, -0.05) is 6.07 Å². The molecule has 0 unspecified atom stereocenters. The molecule has 12 heteroatoms. The summed E-state index contributed by atoms with van der Waals surface area (Å²) in [5.41, 5.74) is 0. The van der Waals surface area contributed by atoms with E-state index in [0.717, 1.165) is 50.3 Å². The zero-order chi connectivity index (χ0) is 23.2. The SMILES string of the molecule is O=C(CCNS(=O)(=O)c1ccc(OC(F)(F)F)cc1)N1CCN(CCc2cccs2)CC1. The minimum Gasteiger partial charge on any atom is -0.406 e. The van der Waals surface area contributed by atoms with Crippen molar-refractivity contribution in [2.45, 2.75) is 24.1 Å². The highest BCUT2D eigenvalue weighted by atomic mass is 32.2. The number of benzene rings is 1. The lowest BCUT2D eigenvalue weighted by atomic mass is 10.2. The van der Waals surface area contributed by atoms with Crippen molar-refractivity contribution in [1.29, 1.82) is 0 Å². The maximum absolute atomic E-state index is 12.4. The predicted octanol–water partition coefficient (Wildman–Crippen LogP) is 2.70. The number of rotatable bonds is 9. The quantitative estimate of drug-likeness (QED) is 0.584. The van der Waals surface area contributed by atoms with Gasteiger partial charge >= 0.3 is 6.36 Å². The number of piperazine rings is 1. The van der Waals surface area contributed by atoms with E-state index in [9.17, 15) is 26.4 Å². The fourth-order valence-electron chi connectivity index (χ4n) is 3.30. The van der Waals surface area contributed by atoms with Gasteiger partial charge in [0.15, 0.2) is 0 Å². The number of nitrogens with zero attached hydrogens (tertiary/aromatic N) is 2. The van der Waals surface area contributed by atoms with Crippen LogP contribution < -0.4 is 9.46 Å². The molecule has 176 valence electrons. The summed E-state index contributed by atoms with van der Waals surface area (Å²) in [5.74, 6) is -0.652. The minimum absolute atomic E-state index is 0.00366. The van der Waals surface area contributed by atoms with E-state index in [0.29, 0.717) is 13.1 Å². The number of carbonyl (C=O) groups excluding carboxylic acids is 1. The largest absolute Gasteiger partial charge is 0.573 e. The van der Waals surface area contributed by atoms with Gasteiger partial charge in [0.1, 0.15) is 5.75 Å². The van der Waals surface area contributed by atoms with E-state index in [1.165, 1.54) is 4.88 Å². The molecule has 0 aliphatic carbocycles. The number of ether oxygens (including phenoxy) is 1. The van der Waals surface area contributed by atoms with Gasteiger partial charge in [0.05, 0.1) is 4.90 Å². The number of hydrogen-bond donors (Lipinski definition) is 1. The van der Waals surface area contributed by atoms with E-state index < -0.39 is 22.1 Å². The molecule has 1 saturated heterocycles. The lowest BCUT2D eigenvalue weighted by Crippen LogP contribution is -2.49. The van der Waals surface area contributed by atoms with Crippen LogP contribution in [0.3, 0.4) is 0 Å². The molecule has 0 bridgehead atoms. The molecular formula is C20H24F3N3O4S2. The van der Waals surface area contributed by atoms with Crippen molar-refractivity contribution in [2.24, 2.45) is 0 Å². The number of nitrogens with one attached hydrogen (secondary N) is 1. The van der Waals surface area contributed by atoms with E-state index in [2.05, 4.69) is 25.8 Å². The molecule has 1 amide bonds. The minimum atomic E-state index is -4.85. The van der Waals surface area contributed by atoms with Crippen LogP contribution in [0.2, 0.25) is 0 Å². The van der Waals surface area contributed by atoms with Crippen LogP contribution in [0.25, 0.3) is 0 Å². The molecule has 1 N–H and O–H groups in total. The second-order valence-electron chi connectivity index (χ2n) is 7.22. The van der Waals surface area contributed by atoms with Crippen molar-refractivity contribution in [3.05, 3.63) is 46.7 Å². The zero-order valence-corrected chi connectivity index (χ0v) is 18.8. The average molecular weight is 492 g/mol. The molecule has 1 aromatic heterocycles. The third kappa shape index (κ3) is 7.47. The van der Waals surface area contributed by atoms with Crippen LogP contribution in [-0.2, 0) is 21.2 Å². The van der Waals surface area contributed by atoms with Gasteiger partial charge in [-0.2, -0.15) is 0 Å².